The van der Waals surface area contributed by atoms with Gasteiger partial charge in [0.2, 0.25) is 0 Å². The molecule has 0 bridgehead atoms. The minimum atomic E-state index is 0.613. The van der Waals surface area contributed by atoms with E-state index in [0.29, 0.717) is 6.61 Å². The highest BCUT2D eigenvalue weighted by molar-refractivity contribution is 9.10. The van der Waals surface area contributed by atoms with E-state index in [2.05, 4.69) is 76.6 Å². The Morgan fingerprint density at radius 1 is 0.893 bits per heavy atom. The number of hydrogen-bond acceptors (Lipinski definition) is 2. The van der Waals surface area contributed by atoms with Crippen molar-refractivity contribution in [1.29, 1.82) is 0 Å². The number of benzene rings is 3. The van der Waals surface area contributed by atoms with Gasteiger partial charge in [0.1, 0.15) is 12.4 Å². The maximum absolute atomic E-state index is 6.27. The van der Waals surface area contributed by atoms with Crippen molar-refractivity contribution in [3.05, 3.63) is 98.3 Å². The number of hydrogen-bond donors (Lipinski definition) is 0. The fourth-order valence-corrected chi connectivity index (χ4v) is 5.87. The molecular weight excluding hydrogens is 428 g/mol. The van der Waals surface area contributed by atoms with E-state index in [9.17, 15) is 0 Å². The summed E-state index contributed by atoms with van der Waals surface area (Å²) in [5, 5.41) is 1.35. The molecule has 140 valence electrons. The minimum absolute atomic E-state index is 0.613. The molecule has 0 N–H and O–H groups in total. The van der Waals surface area contributed by atoms with Crippen LogP contribution in [0.2, 0.25) is 0 Å². The van der Waals surface area contributed by atoms with E-state index >= 15 is 0 Å². The summed E-state index contributed by atoms with van der Waals surface area (Å²) < 4.78 is 8.73. The lowest BCUT2D eigenvalue weighted by Gasteiger charge is -2.16. The molecule has 28 heavy (non-hydrogen) atoms. The molecule has 0 saturated heterocycles. The molecule has 0 radical (unpaired) electrons. The highest BCUT2D eigenvalue weighted by Crippen LogP contribution is 2.41. The van der Waals surface area contributed by atoms with Crippen molar-refractivity contribution >= 4 is 37.4 Å². The van der Waals surface area contributed by atoms with E-state index in [1.165, 1.54) is 43.6 Å². The topological polar surface area (TPSA) is 9.23 Å². The van der Waals surface area contributed by atoms with Crippen LogP contribution in [0.1, 0.15) is 33.6 Å². The normalized spacial score (nSPS) is 13.0. The summed E-state index contributed by atoms with van der Waals surface area (Å²) in [7, 11) is 0. The van der Waals surface area contributed by atoms with Gasteiger partial charge in [0.05, 0.1) is 4.47 Å². The van der Waals surface area contributed by atoms with Crippen LogP contribution in [0.5, 0.6) is 5.75 Å². The van der Waals surface area contributed by atoms with Gasteiger partial charge in [-0.2, -0.15) is 0 Å². The van der Waals surface area contributed by atoms with Crippen molar-refractivity contribution in [1.82, 2.24) is 0 Å². The van der Waals surface area contributed by atoms with Gasteiger partial charge < -0.3 is 4.74 Å². The lowest BCUT2D eigenvalue weighted by atomic mass is 9.99. The predicted molar refractivity (Wildman–Crippen MR) is 122 cm³/mol. The first kappa shape index (κ1) is 18.0. The molecule has 1 heterocycles. The first-order valence-corrected chi connectivity index (χ1v) is 11.4. The van der Waals surface area contributed by atoms with E-state index in [-0.39, 0.29) is 0 Å². The van der Waals surface area contributed by atoms with Gasteiger partial charge in [-0.3, -0.25) is 0 Å². The second-order valence-electron chi connectivity index (χ2n) is 7.36. The average molecular weight is 449 g/mol. The standard InChI is InChI=1S/C25H21BrOS/c26-23-15-19(14-20-13-18-9-4-5-12-24(18)28-20)21-10-6-11-22(21)25(23)27-16-17-7-2-1-3-8-17/h1-5,7-9,12-13,15H,6,10-11,14,16H2. The van der Waals surface area contributed by atoms with Crippen LogP contribution in [0, 0.1) is 0 Å². The van der Waals surface area contributed by atoms with Crippen LogP contribution in [-0.4, -0.2) is 0 Å². The number of fused-ring (bicyclic) bond motifs is 2. The molecule has 3 heteroatoms. The molecule has 0 aliphatic heterocycles. The van der Waals surface area contributed by atoms with Crippen LogP contribution >= 0.6 is 27.3 Å². The van der Waals surface area contributed by atoms with Crippen molar-refractivity contribution in [2.75, 3.05) is 0 Å². The summed E-state index contributed by atoms with van der Waals surface area (Å²) in [6.07, 6.45) is 4.48. The zero-order valence-corrected chi connectivity index (χ0v) is 18.0. The monoisotopic (exact) mass is 448 g/mol. The second-order valence-corrected chi connectivity index (χ2v) is 9.38. The number of halogens is 1. The summed E-state index contributed by atoms with van der Waals surface area (Å²) in [6, 6.07) is 23.7. The highest BCUT2D eigenvalue weighted by Gasteiger charge is 2.23. The van der Waals surface area contributed by atoms with Crippen LogP contribution in [0.15, 0.2) is 71.2 Å². The van der Waals surface area contributed by atoms with E-state index in [1.54, 1.807) is 0 Å². The van der Waals surface area contributed by atoms with Crippen LogP contribution in [0.3, 0.4) is 0 Å². The summed E-state index contributed by atoms with van der Waals surface area (Å²) in [6.45, 7) is 0.613. The Kier molecular flexibility index (Phi) is 4.96. The quantitative estimate of drug-likeness (QED) is 0.310. The SMILES string of the molecule is Brc1cc(Cc2cc3ccccc3s2)c2c(c1OCc1ccccc1)CCC2. The molecule has 0 atom stereocenters. The van der Waals surface area contributed by atoms with Gasteiger partial charge in [0.25, 0.3) is 0 Å². The second kappa shape index (κ2) is 7.73. The predicted octanol–water partition coefficient (Wildman–Crippen LogP) is 7.32. The van der Waals surface area contributed by atoms with E-state index in [4.69, 9.17) is 4.74 Å². The first-order valence-electron chi connectivity index (χ1n) is 9.75. The van der Waals surface area contributed by atoms with E-state index < -0.39 is 0 Å². The molecule has 0 saturated carbocycles. The number of rotatable bonds is 5. The van der Waals surface area contributed by atoms with Crippen LogP contribution in [0.4, 0.5) is 0 Å². The maximum atomic E-state index is 6.27. The van der Waals surface area contributed by atoms with Gasteiger partial charge in [0, 0.05) is 16.0 Å². The third kappa shape index (κ3) is 3.49. The summed E-state index contributed by atoms with van der Waals surface area (Å²) >= 11 is 5.71. The highest BCUT2D eigenvalue weighted by atomic mass is 79.9. The third-order valence-electron chi connectivity index (χ3n) is 5.46. The van der Waals surface area contributed by atoms with E-state index in [1.807, 2.05) is 17.4 Å². The summed E-state index contributed by atoms with van der Waals surface area (Å²) in [4.78, 5) is 1.43. The van der Waals surface area contributed by atoms with Crippen molar-refractivity contribution in [2.45, 2.75) is 32.3 Å². The molecule has 1 nitrogen and oxygen atoms in total. The molecule has 5 rings (SSSR count). The lowest BCUT2D eigenvalue weighted by Crippen LogP contribution is -2.02. The number of ether oxygens (including phenoxy) is 1. The Balaban J connectivity index is 1.45. The van der Waals surface area contributed by atoms with Crippen molar-refractivity contribution in [3.8, 4) is 5.75 Å². The first-order chi connectivity index (χ1) is 13.8. The number of thiophene rings is 1. The molecule has 0 unspecified atom stereocenters. The molecule has 1 aromatic heterocycles. The van der Waals surface area contributed by atoms with Gasteiger partial charge in [-0.25, -0.2) is 0 Å². The third-order valence-corrected chi connectivity index (χ3v) is 7.17. The Morgan fingerprint density at radius 2 is 1.68 bits per heavy atom. The fourth-order valence-electron chi connectivity index (χ4n) is 4.15. The summed E-state index contributed by atoms with van der Waals surface area (Å²) in [5.41, 5.74) is 5.55. The van der Waals surface area contributed by atoms with Gasteiger partial charge in [-0.15, -0.1) is 11.3 Å². The van der Waals surface area contributed by atoms with Crippen molar-refractivity contribution < 1.29 is 4.74 Å². The Morgan fingerprint density at radius 3 is 2.54 bits per heavy atom. The molecule has 0 spiro atoms. The van der Waals surface area contributed by atoms with Crippen molar-refractivity contribution in [2.24, 2.45) is 0 Å². The molecule has 1 aliphatic carbocycles. The van der Waals surface area contributed by atoms with Crippen molar-refractivity contribution in [3.63, 3.8) is 0 Å². The molecular formula is C25H21BrOS. The van der Waals surface area contributed by atoms with Gasteiger partial charge in [-0.1, -0.05) is 48.5 Å². The van der Waals surface area contributed by atoms with Gasteiger partial charge in [0.15, 0.2) is 0 Å². The molecule has 1 aliphatic rings. The minimum Gasteiger partial charge on any atom is -0.487 e. The maximum Gasteiger partial charge on any atom is 0.137 e. The van der Waals surface area contributed by atoms with Gasteiger partial charge >= 0.3 is 0 Å². The zero-order valence-electron chi connectivity index (χ0n) is 15.6. The summed E-state index contributed by atoms with van der Waals surface area (Å²) in [5.74, 6) is 1.04. The largest absolute Gasteiger partial charge is 0.487 e. The Hall–Kier alpha value is -2.10. The smallest absolute Gasteiger partial charge is 0.137 e. The average Bonchev–Trinajstić information content (AvgIpc) is 3.35. The van der Waals surface area contributed by atoms with Gasteiger partial charge in [-0.05, 0) is 81.0 Å². The van der Waals surface area contributed by atoms with Crippen LogP contribution in [-0.2, 0) is 25.9 Å². The Labute approximate surface area is 178 Å². The fraction of sp³-hybridized carbons (Fsp3) is 0.200. The molecule has 4 aromatic rings. The molecule has 3 aromatic carbocycles. The van der Waals surface area contributed by atoms with Crippen LogP contribution < -0.4 is 4.74 Å². The van der Waals surface area contributed by atoms with Crippen LogP contribution in [0.25, 0.3) is 10.1 Å². The van der Waals surface area contributed by atoms with E-state index in [0.717, 1.165) is 29.5 Å². The zero-order chi connectivity index (χ0) is 18.9. The molecule has 0 fully saturated rings. The molecule has 0 amide bonds. The lowest BCUT2D eigenvalue weighted by molar-refractivity contribution is 0.301. The Bertz CT molecular complexity index is 1100.